The number of benzene rings is 1. The molecule has 0 fully saturated rings. The van der Waals surface area contributed by atoms with Crippen LogP contribution in [0, 0.1) is 0 Å². The van der Waals surface area contributed by atoms with Gasteiger partial charge in [-0.05, 0) is 57.0 Å². The van der Waals surface area contributed by atoms with Crippen molar-refractivity contribution in [2.75, 3.05) is 18.6 Å². The van der Waals surface area contributed by atoms with Crippen LogP contribution in [0.25, 0.3) is 0 Å². The Kier molecular flexibility index (Phi) is 3.57. The summed E-state index contributed by atoms with van der Waals surface area (Å²) in [7, 11) is 1.72. The van der Waals surface area contributed by atoms with Gasteiger partial charge in [0.15, 0.2) is 0 Å². The number of rotatable bonds is 4. The molecule has 2 rings (SSSR count). The first-order valence-corrected chi connectivity index (χ1v) is 6.32. The van der Waals surface area contributed by atoms with Gasteiger partial charge in [0.25, 0.3) is 0 Å². The maximum absolute atomic E-state index is 5.71. The van der Waals surface area contributed by atoms with Crippen molar-refractivity contribution in [2.45, 2.75) is 38.8 Å². The smallest absolute Gasteiger partial charge is 0.119 e. The van der Waals surface area contributed by atoms with Crippen molar-refractivity contribution in [1.29, 1.82) is 0 Å². The lowest BCUT2D eigenvalue weighted by molar-refractivity contribution is 0.414. The highest BCUT2D eigenvalue weighted by Crippen LogP contribution is 2.37. The van der Waals surface area contributed by atoms with E-state index >= 15 is 0 Å². The molecule has 0 aromatic heterocycles. The van der Waals surface area contributed by atoms with Gasteiger partial charge in [0.05, 0.1) is 7.11 Å². The van der Waals surface area contributed by atoms with Crippen molar-refractivity contribution in [2.24, 2.45) is 5.73 Å². The molecule has 0 saturated carbocycles. The summed E-state index contributed by atoms with van der Waals surface area (Å²) in [4.78, 5) is 2.49. The number of hydrogen-bond donors (Lipinski definition) is 1. The van der Waals surface area contributed by atoms with E-state index in [0.717, 1.165) is 25.1 Å². The van der Waals surface area contributed by atoms with Crippen LogP contribution in [0.5, 0.6) is 5.75 Å². The fourth-order valence-electron chi connectivity index (χ4n) is 2.79. The van der Waals surface area contributed by atoms with Crippen molar-refractivity contribution in [3.63, 3.8) is 0 Å². The van der Waals surface area contributed by atoms with Crippen molar-refractivity contribution in [3.05, 3.63) is 23.8 Å². The van der Waals surface area contributed by atoms with E-state index in [1.165, 1.54) is 11.3 Å². The van der Waals surface area contributed by atoms with Gasteiger partial charge in [-0.1, -0.05) is 0 Å². The van der Waals surface area contributed by atoms with Crippen LogP contribution >= 0.6 is 0 Å². The third-order valence-electron chi connectivity index (χ3n) is 3.47. The van der Waals surface area contributed by atoms with Gasteiger partial charge in [-0.25, -0.2) is 0 Å². The van der Waals surface area contributed by atoms with E-state index in [2.05, 4.69) is 30.9 Å². The first-order valence-electron chi connectivity index (χ1n) is 6.32. The Balaban J connectivity index is 2.32. The Morgan fingerprint density at radius 3 is 2.82 bits per heavy atom. The van der Waals surface area contributed by atoms with Crippen LogP contribution in [0.3, 0.4) is 0 Å². The quantitative estimate of drug-likeness (QED) is 0.868. The molecule has 94 valence electrons. The SMILES string of the molecule is COc1ccc2c(c1)CC(CCN)N2C(C)C. The highest BCUT2D eigenvalue weighted by Gasteiger charge is 2.30. The van der Waals surface area contributed by atoms with Crippen LogP contribution in [0.4, 0.5) is 5.69 Å². The third-order valence-corrected chi connectivity index (χ3v) is 3.47. The lowest BCUT2D eigenvalue weighted by Gasteiger charge is -2.31. The summed E-state index contributed by atoms with van der Waals surface area (Å²) in [6, 6.07) is 7.42. The van der Waals surface area contributed by atoms with Crippen molar-refractivity contribution in [3.8, 4) is 5.75 Å². The molecule has 1 aliphatic rings. The predicted molar refractivity (Wildman–Crippen MR) is 71.8 cm³/mol. The molecule has 3 nitrogen and oxygen atoms in total. The second-order valence-electron chi connectivity index (χ2n) is 4.93. The summed E-state index contributed by atoms with van der Waals surface area (Å²) in [5.41, 5.74) is 8.44. The standard InChI is InChI=1S/C14H22N2O/c1-10(2)16-12(6-7-15)8-11-9-13(17-3)4-5-14(11)16/h4-5,9-10,12H,6-8,15H2,1-3H3. The number of hydrogen-bond acceptors (Lipinski definition) is 3. The zero-order valence-corrected chi connectivity index (χ0v) is 10.9. The van der Waals surface area contributed by atoms with Gasteiger partial charge in [-0.15, -0.1) is 0 Å². The zero-order chi connectivity index (χ0) is 12.4. The van der Waals surface area contributed by atoms with Crippen molar-refractivity contribution < 1.29 is 4.74 Å². The summed E-state index contributed by atoms with van der Waals surface area (Å²) in [6.45, 7) is 5.23. The van der Waals surface area contributed by atoms with Crippen LogP contribution in [0.1, 0.15) is 25.8 Å². The number of methoxy groups -OCH3 is 1. The van der Waals surface area contributed by atoms with Gasteiger partial charge in [0, 0.05) is 17.8 Å². The predicted octanol–water partition coefficient (Wildman–Crippen LogP) is 2.18. The molecule has 0 saturated heterocycles. The Hall–Kier alpha value is -1.22. The number of fused-ring (bicyclic) bond motifs is 1. The van der Waals surface area contributed by atoms with Crippen LogP contribution in [-0.2, 0) is 6.42 Å². The number of anilines is 1. The van der Waals surface area contributed by atoms with E-state index in [-0.39, 0.29) is 0 Å². The van der Waals surface area contributed by atoms with E-state index in [9.17, 15) is 0 Å². The van der Waals surface area contributed by atoms with Gasteiger partial charge in [-0.2, -0.15) is 0 Å². The zero-order valence-electron chi connectivity index (χ0n) is 10.9. The minimum Gasteiger partial charge on any atom is -0.497 e. The molecule has 0 aliphatic carbocycles. The summed E-state index contributed by atoms with van der Waals surface area (Å²) >= 11 is 0. The molecule has 0 bridgehead atoms. The van der Waals surface area contributed by atoms with Crippen LogP contribution in [0.15, 0.2) is 18.2 Å². The average molecular weight is 234 g/mol. The van der Waals surface area contributed by atoms with Crippen molar-refractivity contribution >= 4 is 5.69 Å². The Labute approximate surface area is 104 Å². The number of nitrogens with two attached hydrogens (primary N) is 1. The normalized spacial score (nSPS) is 18.6. The average Bonchev–Trinajstić information content (AvgIpc) is 2.66. The molecule has 0 spiro atoms. The van der Waals surface area contributed by atoms with Gasteiger partial charge in [-0.3, -0.25) is 0 Å². The number of nitrogens with zero attached hydrogens (tertiary/aromatic N) is 1. The molecule has 1 heterocycles. The minimum atomic E-state index is 0.515. The van der Waals surface area contributed by atoms with Gasteiger partial charge in [0.2, 0.25) is 0 Å². The first kappa shape index (κ1) is 12.2. The molecule has 1 atom stereocenters. The molecule has 3 heteroatoms. The molecular formula is C14H22N2O. The Morgan fingerprint density at radius 1 is 1.47 bits per heavy atom. The van der Waals surface area contributed by atoms with Gasteiger partial charge < -0.3 is 15.4 Å². The molecule has 0 amide bonds. The Morgan fingerprint density at radius 2 is 2.24 bits per heavy atom. The Bertz CT molecular complexity index is 390. The third kappa shape index (κ3) is 2.25. The molecule has 1 aromatic rings. The largest absolute Gasteiger partial charge is 0.497 e. The number of ether oxygens (including phenoxy) is 1. The van der Waals surface area contributed by atoms with E-state index in [4.69, 9.17) is 10.5 Å². The van der Waals surface area contributed by atoms with Crippen LogP contribution in [0.2, 0.25) is 0 Å². The topological polar surface area (TPSA) is 38.5 Å². The summed E-state index contributed by atoms with van der Waals surface area (Å²) < 4.78 is 5.29. The van der Waals surface area contributed by atoms with E-state index < -0.39 is 0 Å². The van der Waals surface area contributed by atoms with Crippen LogP contribution < -0.4 is 15.4 Å². The maximum atomic E-state index is 5.71. The van der Waals surface area contributed by atoms with E-state index in [1.54, 1.807) is 7.11 Å². The fraction of sp³-hybridized carbons (Fsp3) is 0.571. The maximum Gasteiger partial charge on any atom is 0.119 e. The van der Waals surface area contributed by atoms with Crippen LogP contribution in [-0.4, -0.2) is 25.7 Å². The summed E-state index contributed by atoms with van der Waals surface area (Å²) in [6.07, 6.45) is 2.14. The van der Waals surface area contributed by atoms with Gasteiger partial charge >= 0.3 is 0 Å². The molecule has 1 unspecified atom stereocenters. The first-order chi connectivity index (χ1) is 8.17. The van der Waals surface area contributed by atoms with Crippen molar-refractivity contribution in [1.82, 2.24) is 0 Å². The molecule has 2 N–H and O–H groups in total. The molecule has 1 aromatic carbocycles. The molecular weight excluding hydrogens is 212 g/mol. The highest BCUT2D eigenvalue weighted by molar-refractivity contribution is 5.62. The van der Waals surface area contributed by atoms with Gasteiger partial charge in [0.1, 0.15) is 5.75 Å². The summed E-state index contributed by atoms with van der Waals surface area (Å²) in [5, 5.41) is 0. The lowest BCUT2D eigenvalue weighted by Crippen LogP contribution is -2.38. The van der Waals surface area contributed by atoms with E-state index in [0.29, 0.717) is 12.1 Å². The molecule has 1 aliphatic heterocycles. The second kappa shape index (κ2) is 4.96. The summed E-state index contributed by atoms with van der Waals surface area (Å²) in [5.74, 6) is 0.945. The highest BCUT2D eigenvalue weighted by atomic mass is 16.5. The lowest BCUT2D eigenvalue weighted by atomic mass is 10.1. The molecule has 17 heavy (non-hydrogen) atoms. The van der Waals surface area contributed by atoms with E-state index in [1.807, 2.05) is 6.07 Å². The molecule has 0 radical (unpaired) electrons. The monoisotopic (exact) mass is 234 g/mol. The fourth-order valence-corrected chi connectivity index (χ4v) is 2.79. The second-order valence-corrected chi connectivity index (χ2v) is 4.93. The minimum absolute atomic E-state index is 0.515.